The van der Waals surface area contributed by atoms with Crippen LogP contribution in [-0.2, 0) is 11.2 Å². The molecule has 2 heterocycles. The zero-order valence-corrected chi connectivity index (χ0v) is 11.1. The fraction of sp³-hybridized carbons (Fsp3) is 0.583. The van der Waals surface area contributed by atoms with Crippen molar-refractivity contribution in [2.45, 2.75) is 13.3 Å². The molecule has 18 heavy (non-hydrogen) atoms. The number of rotatable bonds is 3. The van der Waals surface area contributed by atoms with Crippen molar-refractivity contribution in [3.05, 3.63) is 11.9 Å². The fourth-order valence-corrected chi connectivity index (χ4v) is 1.89. The van der Waals surface area contributed by atoms with Crippen LogP contribution in [0.5, 0.6) is 0 Å². The second kappa shape index (κ2) is 5.20. The Kier molecular flexibility index (Phi) is 3.64. The normalized spacial score (nSPS) is 16.1. The third-order valence-corrected chi connectivity index (χ3v) is 3.11. The van der Waals surface area contributed by atoms with E-state index in [0.29, 0.717) is 6.54 Å². The number of likely N-dealkylation sites (N-methyl/N-ethyl adjacent to an activating group) is 1. The van der Waals surface area contributed by atoms with Crippen molar-refractivity contribution in [1.82, 2.24) is 14.9 Å². The van der Waals surface area contributed by atoms with E-state index >= 15 is 0 Å². The monoisotopic (exact) mass is 249 g/mol. The molecule has 1 aliphatic rings. The van der Waals surface area contributed by atoms with E-state index in [2.05, 4.69) is 15.3 Å². The highest BCUT2D eigenvalue weighted by Gasteiger charge is 2.22. The highest BCUT2D eigenvalue weighted by atomic mass is 16.2. The number of hydrogen-bond donors (Lipinski definition) is 1. The lowest BCUT2D eigenvalue weighted by atomic mass is 10.3. The Morgan fingerprint density at radius 3 is 2.78 bits per heavy atom. The molecule has 0 saturated carbocycles. The van der Waals surface area contributed by atoms with Crippen molar-refractivity contribution in [1.29, 1.82) is 0 Å². The van der Waals surface area contributed by atoms with Crippen LogP contribution in [0.3, 0.4) is 0 Å². The van der Waals surface area contributed by atoms with Crippen molar-refractivity contribution >= 4 is 17.5 Å². The van der Waals surface area contributed by atoms with Crippen molar-refractivity contribution < 1.29 is 4.79 Å². The van der Waals surface area contributed by atoms with Crippen LogP contribution in [0.2, 0.25) is 0 Å². The van der Waals surface area contributed by atoms with Gasteiger partial charge < -0.3 is 15.1 Å². The van der Waals surface area contributed by atoms with Crippen LogP contribution in [0.1, 0.15) is 12.7 Å². The van der Waals surface area contributed by atoms with E-state index in [-0.39, 0.29) is 5.91 Å². The number of aryl methyl sites for hydroxylation is 1. The predicted octanol–water partition coefficient (Wildman–Crippen LogP) is 0.359. The van der Waals surface area contributed by atoms with E-state index in [0.717, 1.165) is 37.0 Å². The van der Waals surface area contributed by atoms with Gasteiger partial charge in [-0.15, -0.1) is 0 Å². The number of piperazine rings is 1. The van der Waals surface area contributed by atoms with Gasteiger partial charge in [0.2, 0.25) is 5.91 Å². The lowest BCUT2D eigenvalue weighted by Crippen LogP contribution is -2.48. The Labute approximate surface area is 107 Å². The standard InChI is InChI=1S/C12H19N5O/c1-4-9-14-10(13-2)7-11(15-9)17-6-5-16(3)12(18)8-17/h7H,4-6,8H2,1-3H3,(H,13,14,15). The maximum atomic E-state index is 11.7. The molecule has 0 spiro atoms. The summed E-state index contributed by atoms with van der Waals surface area (Å²) >= 11 is 0. The third kappa shape index (κ3) is 2.52. The Balaban J connectivity index is 2.24. The van der Waals surface area contributed by atoms with Crippen LogP contribution in [0.25, 0.3) is 0 Å². The molecular formula is C12H19N5O. The largest absolute Gasteiger partial charge is 0.373 e. The van der Waals surface area contributed by atoms with E-state index in [4.69, 9.17) is 0 Å². The smallest absolute Gasteiger partial charge is 0.241 e. The van der Waals surface area contributed by atoms with Gasteiger partial charge in [0.25, 0.3) is 0 Å². The molecule has 2 rings (SSSR count). The number of carbonyl (C=O) groups is 1. The average Bonchev–Trinajstić information content (AvgIpc) is 2.41. The molecule has 0 aromatic carbocycles. The summed E-state index contributed by atoms with van der Waals surface area (Å²) in [5.41, 5.74) is 0. The first-order chi connectivity index (χ1) is 8.63. The molecule has 1 aliphatic heterocycles. The molecule has 0 atom stereocenters. The molecule has 0 unspecified atom stereocenters. The lowest BCUT2D eigenvalue weighted by molar-refractivity contribution is -0.129. The van der Waals surface area contributed by atoms with Crippen molar-refractivity contribution in [2.24, 2.45) is 0 Å². The van der Waals surface area contributed by atoms with Crippen LogP contribution in [0, 0.1) is 0 Å². The number of nitrogens with one attached hydrogen (secondary N) is 1. The summed E-state index contributed by atoms with van der Waals surface area (Å²) in [7, 11) is 3.66. The topological polar surface area (TPSA) is 61.4 Å². The van der Waals surface area contributed by atoms with Gasteiger partial charge in [-0.3, -0.25) is 4.79 Å². The van der Waals surface area contributed by atoms with Gasteiger partial charge in [0.15, 0.2) is 0 Å². The van der Waals surface area contributed by atoms with Crippen molar-refractivity contribution in [3.63, 3.8) is 0 Å². The summed E-state index contributed by atoms with van der Waals surface area (Å²) in [6.07, 6.45) is 0.782. The Hall–Kier alpha value is -1.85. The summed E-state index contributed by atoms with van der Waals surface area (Å²) in [5.74, 6) is 2.54. The van der Waals surface area contributed by atoms with E-state index in [1.807, 2.05) is 32.0 Å². The first-order valence-electron chi connectivity index (χ1n) is 6.18. The number of nitrogens with zero attached hydrogens (tertiary/aromatic N) is 4. The molecule has 0 aliphatic carbocycles. The first-order valence-corrected chi connectivity index (χ1v) is 6.18. The molecule has 1 fully saturated rings. The molecular weight excluding hydrogens is 230 g/mol. The average molecular weight is 249 g/mol. The fourth-order valence-electron chi connectivity index (χ4n) is 1.89. The highest BCUT2D eigenvalue weighted by molar-refractivity contribution is 5.82. The summed E-state index contributed by atoms with van der Waals surface area (Å²) < 4.78 is 0. The molecule has 98 valence electrons. The van der Waals surface area contributed by atoms with Gasteiger partial charge in [0, 0.05) is 39.7 Å². The minimum atomic E-state index is 0.129. The molecule has 1 saturated heterocycles. The van der Waals surface area contributed by atoms with Gasteiger partial charge in [0.05, 0.1) is 6.54 Å². The van der Waals surface area contributed by atoms with E-state index in [9.17, 15) is 4.79 Å². The minimum absolute atomic E-state index is 0.129. The van der Waals surface area contributed by atoms with Crippen molar-refractivity contribution in [3.8, 4) is 0 Å². The molecule has 1 aromatic rings. The Bertz CT molecular complexity index is 426. The summed E-state index contributed by atoms with van der Waals surface area (Å²) in [6.45, 7) is 3.96. The zero-order chi connectivity index (χ0) is 13.1. The van der Waals surface area contributed by atoms with Gasteiger partial charge in [0.1, 0.15) is 17.5 Å². The highest BCUT2D eigenvalue weighted by Crippen LogP contribution is 2.17. The van der Waals surface area contributed by atoms with E-state index in [1.54, 1.807) is 4.90 Å². The van der Waals surface area contributed by atoms with Gasteiger partial charge >= 0.3 is 0 Å². The molecule has 1 N–H and O–H groups in total. The van der Waals surface area contributed by atoms with E-state index in [1.165, 1.54) is 0 Å². The maximum absolute atomic E-state index is 11.7. The molecule has 0 bridgehead atoms. The van der Waals surface area contributed by atoms with E-state index < -0.39 is 0 Å². The quantitative estimate of drug-likeness (QED) is 0.838. The maximum Gasteiger partial charge on any atom is 0.241 e. The molecule has 1 aromatic heterocycles. The summed E-state index contributed by atoms with van der Waals surface area (Å²) in [6, 6.07) is 1.89. The minimum Gasteiger partial charge on any atom is -0.373 e. The predicted molar refractivity (Wildman–Crippen MR) is 70.8 cm³/mol. The van der Waals surface area contributed by atoms with Gasteiger partial charge in [-0.2, -0.15) is 0 Å². The molecule has 0 radical (unpaired) electrons. The van der Waals surface area contributed by atoms with Crippen LogP contribution < -0.4 is 10.2 Å². The van der Waals surface area contributed by atoms with Gasteiger partial charge in [-0.05, 0) is 0 Å². The SMILES string of the molecule is CCc1nc(NC)cc(N2CCN(C)C(=O)C2)n1. The summed E-state index contributed by atoms with van der Waals surface area (Å²) in [4.78, 5) is 24.3. The molecule has 1 amide bonds. The zero-order valence-electron chi connectivity index (χ0n) is 11.1. The second-order valence-corrected chi connectivity index (χ2v) is 4.37. The molecule has 6 heteroatoms. The summed E-state index contributed by atoms with van der Waals surface area (Å²) in [5, 5.41) is 3.03. The lowest BCUT2D eigenvalue weighted by Gasteiger charge is -2.32. The van der Waals surface area contributed by atoms with Gasteiger partial charge in [-0.25, -0.2) is 9.97 Å². The first kappa shape index (κ1) is 12.6. The molecule has 6 nitrogen and oxygen atoms in total. The number of carbonyl (C=O) groups excluding carboxylic acids is 1. The third-order valence-electron chi connectivity index (χ3n) is 3.11. The van der Waals surface area contributed by atoms with Crippen LogP contribution in [-0.4, -0.2) is 54.5 Å². The second-order valence-electron chi connectivity index (χ2n) is 4.37. The van der Waals surface area contributed by atoms with Crippen LogP contribution >= 0.6 is 0 Å². The number of aromatic nitrogens is 2. The van der Waals surface area contributed by atoms with Crippen LogP contribution in [0.4, 0.5) is 11.6 Å². The van der Waals surface area contributed by atoms with Gasteiger partial charge in [-0.1, -0.05) is 6.92 Å². The van der Waals surface area contributed by atoms with Crippen molar-refractivity contribution in [2.75, 3.05) is 43.9 Å². The number of anilines is 2. The van der Waals surface area contributed by atoms with Crippen LogP contribution in [0.15, 0.2) is 6.07 Å². The number of hydrogen-bond acceptors (Lipinski definition) is 5. The Morgan fingerprint density at radius 1 is 1.39 bits per heavy atom. The Morgan fingerprint density at radius 2 is 2.17 bits per heavy atom. The number of amides is 1.